The topological polar surface area (TPSA) is 24.5 Å². The fourth-order valence-electron chi connectivity index (χ4n) is 1.67. The SMILES string of the molecule is C=CCc1ccccc1/C=C/N1NC=C(C(Cl)(Cl)Cl)O1. The molecule has 1 aromatic rings. The van der Waals surface area contributed by atoms with Gasteiger partial charge in [0.2, 0.25) is 5.76 Å². The van der Waals surface area contributed by atoms with E-state index in [4.69, 9.17) is 39.6 Å². The van der Waals surface area contributed by atoms with Crippen molar-refractivity contribution in [3.8, 4) is 0 Å². The first-order valence-corrected chi connectivity index (χ1v) is 7.02. The molecule has 0 atom stereocenters. The zero-order valence-corrected chi connectivity index (χ0v) is 12.8. The number of alkyl halides is 3. The summed E-state index contributed by atoms with van der Waals surface area (Å²) in [5.74, 6) is 0.214. The fourth-order valence-corrected chi connectivity index (χ4v) is 1.94. The average molecular weight is 332 g/mol. The molecule has 2 rings (SSSR count). The first-order chi connectivity index (χ1) is 9.50. The average Bonchev–Trinajstić information content (AvgIpc) is 2.87. The van der Waals surface area contributed by atoms with Crippen molar-refractivity contribution in [2.24, 2.45) is 0 Å². The van der Waals surface area contributed by atoms with Crippen LogP contribution in [0.5, 0.6) is 0 Å². The van der Waals surface area contributed by atoms with Gasteiger partial charge < -0.3 is 4.84 Å². The third-order valence-electron chi connectivity index (χ3n) is 2.61. The Morgan fingerprint density at radius 3 is 2.70 bits per heavy atom. The maximum absolute atomic E-state index is 5.72. The number of allylic oxidation sites excluding steroid dienone is 2. The first kappa shape index (κ1) is 15.1. The predicted molar refractivity (Wildman–Crippen MR) is 83.8 cm³/mol. The molecule has 0 aromatic heterocycles. The monoisotopic (exact) mass is 330 g/mol. The Morgan fingerprint density at radius 1 is 1.30 bits per heavy atom. The molecule has 0 saturated carbocycles. The second-order valence-corrected chi connectivity index (χ2v) is 6.34. The van der Waals surface area contributed by atoms with Gasteiger partial charge in [0.1, 0.15) is 0 Å². The lowest BCUT2D eigenvalue weighted by Gasteiger charge is -2.16. The molecular weight excluding hydrogens is 319 g/mol. The van der Waals surface area contributed by atoms with Crippen molar-refractivity contribution in [2.75, 3.05) is 0 Å². The Kier molecular flexibility index (Phi) is 4.86. The van der Waals surface area contributed by atoms with Gasteiger partial charge in [-0.1, -0.05) is 65.1 Å². The molecule has 0 fully saturated rings. The summed E-state index contributed by atoms with van der Waals surface area (Å²) in [6.07, 6.45) is 7.77. The van der Waals surface area contributed by atoms with Crippen molar-refractivity contribution in [2.45, 2.75) is 10.2 Å². The zero-order chi connectivity index (χ0) is 14.6. The van der Waals surface area contributed by atoms with Gasteiger partial charge in [-0.3, -0.25) is 5.43 Å². The summed E-state index contributed by atoms with van der Waals surface area (Å²) in [5.41, 5.74) is 5.07. The van der Waals surface area contributed by atoms with Crippen molar-refractivity contribution in [3.63, 3.8) is 0 Å². The van der Waals surface area contributed by atoms with Crippen LogP contribution >= 0.6 is 34.8 Å². The summed E-state index contributed by atoms with van der Waals surface area (Å²) in [7, 11) is 0. The lowest BCUT2D eigenvalue weighted by Crippen LogP contribution is -2.23. The summed E-state index contributed by atoms with van der Waals surface area (Å²) in [6.45, 7) is 3.75. The van der Waals surface area contributed by atoms with Gasteiger partial charge >= 0.3 is 0 Å². The maximum atomic E-state index is 5.72. The molecule has 106 valence electrons. The van der Waals surface area contributed by atoms with Crippen molar-refractivity contribution in [3.05, 3.63) is 66.2 Å². The quantitative estimate of drug-likeness (QED) is 0.656. The van der Waals surface area contributed by atoms with Crippen LogP contribution in [0.2, 0.25) is 0 Å². The second-order valence-electron chi connectivity index (χ2n) is 4.06. The molecule has 0 spiro atoms. The van der Waals surface area contributed by atoms with Gasteiger partial charge in [-0.25, -0.2) is 0 Å². The maximum Gasteiger partial charge on any atom is 0.252 e. The van der Waals surface area contributed by atoms with E-state index in [-0.39, 0.29) is 5.76 Å². The smallest absolute Gasteiger partial charge is 0.252 e. The number of rotatable bonds is 4. The molecule has 1 aliphatic heterocycles. The minimum absolute atomic E-state index is 0.214. The number of nitrogens with zero attached hydrogens (tertiary/aromatic N) is 1. The molecule has 1 aliphatic rings. The molecule has 1 N–H and O–H groups in total. The molecule has 0 aliphatic carbocycles. The standard InChI is InChI=1S/C14H13Cl3N2O/c1-2-5-11-6-3-4-7-12(11)8-9-19-18-10-13(20-19)14(15,16)17/h2-4,6-10,18H,1,5H2/b9-8+. The van der Waals surface area contributed by atoms with Crippen LogP contribution in [0.1, 0.15) is 11.1 Å². The van der Waals surface area contributed by atoms with Crippen LogP contribution in [0.15, 0.2) is 55.1 Å². The molecule has 1 aromatic carbocycles. The summed E-state index contributed by atoms with van der Waals surface area (Å²) in [4.78, 5) is 5.33. The Morgan fingerprint density at radius 2 is 2.05 bits per heavy atom. The van der Waals surface area contributed by atoms with Crippen LogP contribution in [0.4, 0.5) is 0 Å². The van der Waals surface area contributed by atoms with Gasteiger partial charge in [-0.15, -0.1) is 11.8 Å². The van der Waals surface area contributed by atoms with Crippen molar-refractivity contribution in [1.82, 2.24) is 10.6 Å². The lowest BCUT2D eigenvalue weighted by molar-refractivity contribution is -0.0801. The molecule has 0 amide bonds. The Labute approximate surface area is 133 Å². The van der Waals surface area contributed by atoms with E-state index >= 15 is 0 Å². The number of hydroxylamine groups is 1. The summed E-state index contributed by atoms with van der Waals surface area (Å²) in [5, 5.41) is 1.36. The normalized spacial score (nSPS) is 14.9. The highest BCUT2D eigenvalue weighted by Gasteiger charge is 2.33. The lowest BCUT2D eigenvalue weighted by atomic mass is 10.0. The minimum Gasteiger partial charge on any atom is -0.358 e. The van der Waals surface area contributed by atoms with E-state index in [9.17, 15) is 0 Å². The van der Waals surface area contributed by atoms with Crippen LogP contribution in [-0.2, 0) is 11.3 Å². The van der Waals surface area contributed by atoms with E-state index in [0.717, 1.165) is 12.0 Å². The number of halogens is 3. The number of hydrogen-bond acceptors (Lipinski definition) is 3. The molecule has 0 radical (unpaired) electrons. The van der Waals surface area contributed by atoms with E-state index in [2.05, 4.69) is 12.0 Å². The molecule has 1 heterocycles. The fraction of sp³-hybridized carbons (Fsp3) is 0.143. The summed E-state index contributed by atoms with van der Waals surface area (Å²) in [6, 6.07) is 8.01. The highest BCUT2D eigenvalue weighted by Crippen LogP contribution is 2.36. The van der Waals surface area contributed by atoms with E-state index < -0.39 is 3.79 Å². The summed E-state index contributed by atoms with van der Waals surface area (Å²) >= 11 is 17.2. The number of hydrazine groups is 1. The molecule has 0 unspecified atom stereocenters. The van der Waals surface area contributed by atoms with E-state index in [1.165, 1.54) is 16.9 Å². The van der Waals surface area contributed by atoms with Gasteiger partial charge in [0.05, 0.1) is 12.4 Å². The highest BCUT2D eigenvalue weighted by molar-refractivity contribution is 6.69. The Hall–Kier alpha value is -1.29. The predicted octanol–water partition coefficient (Wildman–Crippen LogP) is 4.35. The first-order valence-electron chi connectivity index (χ1n) is 5.88. The number of nitrogens with one attached hydrogen (secondary N) is 1. The van der Waals surface area contributed by atoms with Crippen molar-refractivity contribution in [1.29, 1.82) is 0 Å². The molecule has 20 heavy (non-hydrogen) atoms. The second kappa shape index (κ2) is 6.44. The van der Waals surface area contributed by atoms with Gasteiger partial charge in [-0.2, -0.15) is 0 Å². The van der Waals surface area contributed by atoms with Crippen LogP contribution in [0.25, 0.3) is 6.08 Å². The van der Waals surface area contributed by atoms with Crippen molar-refractivity contribution >= 4 is 40.9 Å². The van der Waals surface area contributed by atoms with Gasteiger partial charge in [0, 0.05) is 0 Å². The number of hydrogen-bond donors (Lipinski definition) is 1. The molecule has 0 bridgehead atoms. The molecule has 0 saturated heterocycles. The van der Waals surface area contributed by atoms with Crippen LogP contribution in [0, 0.1) is 0 Å². The van der Waals surface area contributed by atoms with Gasteiger partial charge in [-0.05, 0) is 23.6 Å². The largest absolute Gasteiger partial charge is 0.358 e. The minimum atomic E-state index is -1.59. The van der Waals surface area contributed by atoms with E-state index in [0.29, 0.717) is 0 Å². The third-order valence-corrected chi connectivity index (χ3v) is 3.17. The molecule has 3 nitrogen and oxygen atoms in total. The Bertz CT molecular complexity index is 550. The van der Waals surface area contributed by atoms with Crippen molar-refractivity contribution < 1.29 is 4.84 Å². The van der Waals surface area contributed by atoms with E-state index in [1.807, 2.05) is 36.4 Å². The molecular formula is C14H13Cl3N2O. The van der Waals surface area contributed by atoms with Crippen LogP contribution in [0.3, 0.4) is 0 Å². The Balaban J connectivity index is 2.04. The van der Waals surface area contributed by atoms with Crippen LogP contribution < -0.4 is 5.43 Å². The van der Waals surface area contributed by atoms with Gasteiger partial charge in [0.25, 0.3) is 3.79 Å². The number of benzene rings is 1. The van der Waals surface area contributed by atoms with E-state index in [1.54, 1.807) is 6.20 Å². The van der Waals surface area contributed by atoms with Crippen LogP contribution in [-0.4, -0.2) is 8.96 Å². The van der Waals surface area contributed by atoms with Gasteiger partial charge in [0.15, 0.2) is 0 Å². The highest BCUT2D eigenvalue weighted by atomic mass is 35.6. The summed E-state index contributed by atoms with van der Waals surface area (Å²) < 4.78 is -1.59. The zero-order valence-electron chi connectivity index (χ0n) is 10.5. The third kappa shape index (κ3) is 3.85. The molecule has 6 heteroatoms.